The third kappa shape index (κ3) is 4.21. The molecule has 0 saturated carbocycles. The summed E-state index contributed by atoms with van der Waals surface area (Å²) < 4.78 is 15.5. The minimum Gasteiger partial charge on any atom is -0.493 e. The Morgan fingerprint density at radius 1 is 1.07 bits per heavy atom. The second-order valence-corrected chi connectivity index (χ2v) is 6.08. The van der Waals surface area contributed by atoms with E-state index in [0.29, 0.717) is 23.2 Å². The topological polar surface area (TPSA) is 107 Å². The molecule has 3 rings (SSSR count). The summed E-state index contributed by atoms with van der Waals surface area (Å²) in [5.74, 6) is -0.649. The second-order valence-electron chi connectivity index (χ2n) is 6.08. The van der Waals surface area contributed by atoms with Crippen molar-refractivity contribution in [2.24, 2.45) is 0 Å². The molecule has 0 aliphatic rings. The Morgan fingerprint density at radius 2 is 1.83 bits per heavy atom. The van der Waals surface area contributed by atoms with E-state index in [1.54, 1.807) is 18.2 Å². The quantitative estimate of drug-likeness (QED) is 0.373. The fraction of sp³-hybridized carbons (Fsp3) is 0.190. The van der Waals surface area contributed by atoms with Gasteiger partial charge in [0.05, 0.1) is 12.8 Å². The van der Waals surface area contributed by atoms with Crippen molar-refractivity contribution >= 4 is 34.2 Å². The highest BCUT2D eigenvalue weighted by molar-refractivity contribution is 6.08. The number of methoxy groups -OCH3 is 1. The molecule has 1 heterocycles. The number of carbonyl (C=O) groups excluding carboxylic acids is 2. The predicted octanol–water partition coefficient (Wildman–Crippen LogP) is 3.41. The van der Waals surface area contributed by atoms with Crippen LogP contribution in [0.2, 0.25) is 0 Å². The molecule has 8 nitrogen and oxygen atoms in total. The molecule has 0 unspecified atom stereocenters. The molecule has 2 N–H and O–H groups in total. The maximum atomic E-state index is 12.8. The summed E-state index contributed by atoms with van der Waals surface area (Å²) in [4.78, 5) is 36.4. The standard InChI is InChI=1S/C21H20N2O6/c1-4-22-18-14-7-5-6-8-15(14)29-21(26)19(18)23-20(25)13-9-10-16(28-12(2)24)17(11-13)27-3/h5-11,22H,4H2,1-3H3,(H,23,25). The van der Waals surface area contributed by atoms with E-state index in [4.69, 9.17) is 13.9 Å². The number of amides is 1. The highest BCUT2D eigenvalue weighted by atomic mass is 16.6. The van der Waals surface area contributed by atoms with Crippen molar-refractivity contribution < 1.29 is 23.5 Å². The van der Waals surface area contributed by atoms with Crippen LogP contribution in [0.4, 0.5) is 11.4 Å². The van der Waals surface area contributed by atoms with Gasteiger partial charge in [0, 0.05) is 24.4 Å². The van der Waals surface area contributed by atoms with Gasteiger partial charge in [0.15, 0.2) is 17.2 Å². The molecule has 0 atom stereocenters. The van der Waals surface area contributed by atoms with Crippen molar-refractivity contribution in [3.8, 4) is 11.5 Å². The molecule has 1 aromatic heterocycles. The Hall–Kier alpha value is -3.81. The monoisotopic (exact) mass is 396 g/mol. The Morgan fingerprint density at radius 3 is 2.52 bits per heavy atom. The number of para-hydroxylation sites is 1. The van der Waals surface area contributed by atoms with Gasteiger partial charge in [0.2, 0.25) is 0 Å². The van der Waals surface area contributed by atoms with Crippen LogP contribution in [0.25, 0.3) is 11.0 Å². The molecule has 0 fully saturated rings. The normalized spacial score (nSPS) is 10.4. The number of benzene rings is 2. The lowest BCUT2D eigenvalue weighted by Crippen LogP contribution is -2.20. The van der Waals surface area contributed by atoms with Gasteiger partial charge in [-0.3, -0.25) is 9.59 Å². The van der Waals surface area contributed by atoms with Crippen LogP contribution in [0.5, 0.6) is 11.5 Å². The molecule has 1 amide bonds. The number of rotatable bonds is 6. The second kappa shape index (κ2) is 8.47. The molecule has 3 aromatic rings. The summed E-state index contributed by atoms with van der Waals surface area (Å²) >= 11 is 0. The van der Waals surface area contributed by atoms with Gasteiger partial charge in [-0.25, -0.2) is 4.79 Å². The summed E-state index contributed by atoms with van der Waals surface area (Å²) in [7, 11) is 1.39. The molecule has 0 spiro atoms. The number of nitrogens with one attached hydrogen (secondary N) is 2. The lowest BCUT2D eigenvalue weighted by molar-refractivity contribution is -0.132. The van der Waals surface area contributed by atoms with Crippen molar-refractivity contribution in [2.45, 2.75) is 13.8 Å². The maximum absolute atomic E-state index is 12.8. The van der Waals surface area contributed by atoms with Crippen LogP contribution in [0.3, 0.4) is 0 Å². The van der Waals surface area contributed by atoms with E-state index in [9.17, 15) is 14.4 Å². The summed E-state index contributed by atoms with van der Waals surface area (Å²) in [6.45, 7) is 3.69. The first-order valence-electron chi connectivity index (χ1n) is 8.92. The number of hydrogen-bond donors (Lipinski definition) is 2. The van der Waals surface area contributed by atoms with Crippen LogP contribution in [0.15, 0.2) is 51.7 Å². The van der Waals surface area contributed by atoms with Gasteiger partial charge in [0.25, 0.3) is 5.91 Å². The van der Waals surface area contributed by atoms with Crippen LogP contribution in [-0.2, 0) is 4.79 Å². The molecule has 150 valence electrons. The van der Waals surface area contributed by atoms with Gasteiger partial charge in [0.1, 0.15) is 5.58 Å². The lowest BCUT2D eigenvalue weighted by Gasteiger charge is -2.14. The number of carbonyl (C=O) groups is 2. The molecule has 0 saturated heterocycles. The molecule has 2 aromatic carbocycles. The average molecular weight is 396 g/mol. The molecule has 0 bridgehead atoms. The fourth-order valence-electron chi connectivity index (χ4n) is 2.86. The Kier molecular flexibility index (Phi) is 5.82. The van der Waals surface area contributed by atoms with Crippen molar-refractivity contribution in [1.82, 2.24) is 0 Å². The van der Waals surface area contributed by atoms with Crippen molar-refractivity contribution in [3.63, 3.8) is 0 Å². The van der Waals surface area contributed by atoms with Gasteiger partial charge >= 0.3 is 11.6 Å². The Labute approximate surface area is 166 Å². The van der Waals surface area contributed by atoms with Crippen molar-refractivity contribution in [2.75, 3.05) is 24.3 Å². The highest BCUT2D eigenvalue weighted by Gasteiger charge is 2.19. The van der Waals surface area contributed by atoms with E-state index in [0.717, 1.165) is 0 Å². The molecular formula is C21H20N2O6. The lowest BCUT2D eigenvalue weighted by atomic mass is 10.1. The molecule has 0 aliphatic carbocycles. The third-order valence-electron chi connectivity index (χ3n) is 4.08. The smallest absolute Gasteiger partial charge is 0.362 e. The number of esters is 1. The molecule has 0 radical (unpaired) electrons. The van der Waals surface area contributed by atoms with Crippen LogP contribution in [0.1, 0.15) is 24.2 Å². The zero-order chi connectivity index (χ0) is 21.0. The van der Waals surface area contributed by atoms with E-state index in [2.05, 4.69) is 10.6 Å². The minimum atomic E-state index is -0.670. The zero-order valence-electron chi connectivity index (χ0n) is 16.2. The first-order valence-corrected chi connectivity index (χ1v) is 8.92. The van der Waals surface area contributed by atoms with Crippen molar-refractivity contribution in [3.05, 3.63) is 58.4 Å². The number of ether oxygens (including phenoxy) is 2. The summed E-state index contributed by atoms with van der Waals surface area (Å²) in [5.41, 5.74) is 0.456. The van der Waals surface area contributed by atoms with E-state index in [-0.39, 0.29) is 22.7 Å². The van der Waals surface area contributed by atoms with Gasteiger partial charge < -0.3 is 24.5 Å². The van der Waals surface area contributed by atoms with Crippen LogP contribution in [0, 0.1) is 0 Å². The van der Waals surface area contributed by atoms with Crippen LogP contribution in [-0.4, -0.2) is 25.5 Å². The average Bonchev–Trinajstić information content (AvgIpc) is 2.70. The van der Waals surface area contributed by atoms with E-state index in [1.165, 1.54) is 32.2 Å². The van der Waals surface area contributed by atoms with E-state index >= 15 is 0 Å². The first kappa shape index (κ1) is 19.9. The summed E-state index contributed by atoms with van der Waals surface area (Å²) in [5, 5.41) is 6.40. The largest absolute Gasteiger partial charge is 0.493 e. The predicted molar refractivity (Wildman–Crippen MR) is 109 cm³/mol. The van der Waals surface area contributed by atoms with E-state index < -0.39 is 17.5 Å². The minimum absolute atomic E-state index is 0.0126. The van der Waals surface area contributed by atoms with E-state index in [1.807, 2.05) is 13.0 Å². The molecule has 0 aliphatic heterocycles. The fourth-order valence-corrected chi connectivity index (χ4v) is 2.86. The molecular weight excluding hydrogens is 376 g/mol. The van der Waals surface area contributed by atoms with Gasteiger partial charge in [-0.15, -0.1) is 0 Å². The zero-order valence-corrected chi connectivity index (χ0v) is 16.2. The van der Waals surface area contributed by atoms with Crippen molar-refractivity contribution in [1.29, 1.82) is 0 Å². The van der Waals surface area contributed by atoms with Gasteiger partial charge in [-0.2, -0.15) is 0 Å². The number of hydrogen-bond acceptors (Lipinski definition) is 7. The first-order chi connectivity index (χ1) is 13.9. The SMILES string of the molecule is CCNc1c(NC(=O)c2ccc(OC(C)=O)c(OC)c2)c(=O)oc2ccccc12. The maximum Gasteiger partial charge on any atom is 0.362 e. The molecule has 8 heteroatoms. The van der Waals surface area contributed by atoms with Crippen LogP contribution >= 0.6 is 0 Å². The summed E-state index contributed by atoms with van der Waals surface area (Å²) in [6.07, 6.45) is 0. The summed E-state index contributed by atoms with van der Waals surface area (Å²) in [6, 6.07) is 11.4. The highest BCUT2D eigenvalue weighted by Crippen LogP contribution is 2.31. The number of anilines is 2. The van der Waals surface area contributed by atoms with Gasteiger partial charge in [-0.05, 0) is 37.3 Å². The third-order valence-corrected chi connectivity index (χ3v) is 4.08. The molecule has 29 heavy (non-hydrogen) atoms. The Bertz CT molecular complexity index is 1140. The number of fused-ring (bicyclic) bond motifs is 1. The van der Waals surface area contributed by atoms with Crippen LogP contribution < -0.4 is 25.7 Å². The van der Waals surface area contributed by atoms with Gasteiger partial charge in [-0.1, -0.05) is 12.1 Å². The Balaban J connectivity index is 2.00.